The number of benzene rings is 1. The van der Waals surface area contributed by atoms with Crippen LogP contribution in [0.5, 0.6) is 0 Å². The van der Waals surface area contributed by atoms with E-state index in [9.17, 15) is 8.78 Å². The Hall–Kier alpha value is -1.77. The Morgan fingerprint density at radius 3 is 2.05 bits per heavy atom. The Morgan fingerprint density at radius 2 is 1.47 bits per heavy atom. The third-order valence-electron chi connectivity index (χ3n) is 3.12. The molecule has 100 valence electrons. The summed E-state index contributed by atoms with van der Waals surface area (Å²) in [4.78, 5) is 3.39. The molecular weight excluding hydrogens is 244 g/mol. The summed E-state index contributed by atoms with van der Waals surface area (Å²) < 4.78 is 25.7. The molecule has 1 aromatic carbocycles. The second-order valence-electron chi connectivity index (χ2n) is 4.68. The predicted molar refractivity (Wildman–Crippen MR) is 72.0 cm³/mol. The van der Waals surface area contributed by atoms with Gasteiger partial charge in [0.15, 0.2) is 5.82 Å². The number of rotatable bonds is 5. The third-order valence-corrected chi connectivity index (χ3v) is 3.12. The molecule has 0 atom stereocenters. The molecule has 0 saturated carbocycles. The molecule has 0 amide bonds. The molecule has 0 radical (unpaired) electrons. The van der Waals surface area contributed by atoms with E-state index in [1.54, 1.807) is 0 Å². The molecule has 2 aromatic rings. The molecule has 0 saturated heterocycles. The Morgan fingerprint density at radius 1 is 0.895 bits per heavy atom. The van der Waals surface area contributed by atoms with Gasteiger partial charge in [-0.3, -0.25) is 0 Å². The van der Waals surface area contributed by atoms with Crippen molar-refractivity contribution < 1.29 is 8.78 Å². The molecule has 19 heavy (non-hydrogen) atoms. The van der Waals surface area contributed by atoms with E-state index in [2.05, 4.69) is 36.2 Å². The van der Waals surface area contributed by atoms with Crippen LogP contribution in [0.1, 0.15) is 30.0 Å². The Kier molecular flexibility index (Phi) is 4.61. The summed E-state index contributed by atoms with van der Waals surface area (Å²) >= 11 is 0. The predicted octanol–water partition coefficient (Wildman–Crippen LogP) is 4.10. The number of nitrogens with zero attached hydrogens (tertiary/aromatic N) is 1. The summed E-state index contributed by atoms with van der Waals surface area (Å²) in [7, 11) is 0. The van der Waals surface area contributed by atoms with Gasteiger partial charge in [-0.15, -0.1) is 0 Å². The Balaban J connectivity index is 1.96. The van der Waals surface area contributed by atoms with Crippen molar-refractivity contribution >= 4 is 0 Å². The first-order chi connectivity index (χ1) is 9.19. The van der Waals surface area contributed by atoms with Crippen LogP contribution in [0.15, 0.2) is 36.5 Å². The van der Waals surface area contributed by atoms with Crippen LogP contribution in [0.4, 0.5) is 8.78 Å². The van der Waals surface area contributed by atoms with Gasteiger partial charge in [0.1, 0.15) is 0 Å². The van der Waals surface area contributed by atoms with Crippen LogP contribution in [0, 0.1) is 11.8 Å². The van der Waals surface area contributed by atoms with Crippen molar-refractivity contribution in [2.24, 2.45) is 0 Å². The largest absolute Gasteiger partial charge is 0.248 e. The van der Waals surface area contributed by atoms with Crippen molar-refractivity contribution in [2.45, 2.75) is 32.6 Å². The fraction of sp³-hybridized carbons (Fsp3) is 0.312. The first kappa shape index (κ1) is 13.7. The van der Waals surface area contributed by atoms with Gasteiger partial charge in [-0.1, -0.05) is 37.6 Å². The van der Waals surface area contributed by atoms with Gasteiger partial charge in [0.05, 0.1) is 0 Å². The van der Waals surface area contributed by atoms with Crippen molar-refractivity contribution in [3.63, 3.8) is 0 Å². The maximum atomic E-state index is 13.0. The fourth-order valence-electron chi connectivity index (χ4n) is 2.05. The van der Waals surface area contributed by atoms with Crippen molar-refractivity contribution in [3.05, 3.63) is 65.0 Å². The molecule has 1 nitrogen and oxygen atoms in total. The van der Waals surface area contributed by atoms with Crippen molar-refractivity contribution in [1.82, 2.24) is 4.98 Å². The van der Waals surface area contributed by atoms with Crippen LogP contribution >= 0.6 is 0 Å². The summed E-state index contributed by atoms with van der Waals surface area (Å²) in [5.74, 6) is -1.91. The maximum absolute atomic E-state index is 13.0. The summed E-state index contributed by atoms with van der Waals surface area (Å²) in [6.07, 6.45) is 5.09. The van der Waals surface area contributed by atoms with Crippen LogP contribution in [-0.4, -0.2) is 4.98 Å². The number of aromatic nitrogens is 1. The number of hydrogen-bond donors (Lipinski definition) is 0. The minimum Gasteiger partial charge on any atom is -0.225 e. The highest BCUT2D eigenvalue weighted by Gasteiger charge is 2.04. The zero-order chi connectivity index (χ0) is 13.7. The molecule has 0 aliphatic carbocycles. The normalized spacial score (nSPS) is 10.7. The van der Waals surface area contributed by atoms with E-state index in [4.69, 9.17) is 0 Å². The lowest BCUT2D eigenvalue weighted by molar-refractivity contribution is 0.477. The number of pyridine rings is 1. The molecule has 0 N–H and O–H groups in total. The van der Waals surface area contributed by atoms with Gasteiger partial charge in [0.2, 0.25) is 5.95 Å². The highest BCUT2D eigenvalue weighted by Crippen LogP contribution is 2.11. The second kappa shape index (κ2) is 6.41. The van der Waals surface area contributed by atoms with Gasteiger partial charge in [0.25, 0.3) is 0 Å². The molecular formula is C16H17F2N. The first-order valence-corrected chi connectivity index (χ1v) is 6.56. The first-order valence-electron chi connectivity index (χ1n) is 6.56. The highest BCUT2D eigenvalue weighted by atomic mass is 19.2. The molecule has 1 heterocycles. The monoisotopic (exact) mass is 261 g/mol. The van der Waals surface area contributed by atoms with Crippen molar-refractivity contribution in [1.29, 1.82) is 0 Å². The van der Waals surface area contributed by atoms with Gasteiger partial charge < -0.3 is 0 Å². The van der Waals surface area contributed by atoms with E-state index in [1.807, 2.05) is 0 Å². The second-order valence-corrected chi connectivity index (χ2v) is 4.68. The highest BCUT2D eigenvalue weighted by molar-refractivity contribution is 5.24. The molecule has 3 heteroatoms. The van der Waals surface area contributed by atoms with Crippen LogP contribution in [0.2, 0.25) is 0 Å². The third kappa shape index (κ3) is 3.85. The lowest BCUT2D eigenvalue weighted by Crippen LogP contribution is -1.96. The van der Waals surface area contributed by atoms with Crippen LogP contribution in [-0.2, 0) is 19.3 Å². The summed E-state index contributed by atoms with van der Waals surface area (Å²) in [5.41, 5.74) is 3.25. The van der Waals surface area contributed by atoms with E-state index < -0.39 is 11.8 Å². The van der Waals surface area contributed by atoms with Crippen molar-refractivity contribution in [3.8, 4) is 0 Å². The van der Waals surface area contributed by atoms with E-state index in [1.165, 1.54) is 23.4 Å². The van der Waals surface area contributed by atoms with E-state index >= 15 is 0 Å². The lowest BCUT2D eigenvalue weighted by atomic mass is 10.0. The molecule has 0 unspecified atom stereocenters. The molecule has 0 bridgehead atoms. The van der Waals surface area contributed by atoms with Gasteiger partial charge in [-0.2, -0.15) is 4.39 Å². The van der Waals surface area contributed by atoms with E-state index in [0.717, 1.165) is 24.8 Å². The van der Waals surface area contributed by atoms with Gasteiger partial charge in [-0.25, -0.2) is 9.37 Å². The van der Waals surface area contributed by atoms with Gasteiger partial charge in [0, 0.05) is 6.20 Å². The minimum atomic E-state index is -1.03. The molecule has 0 aliphatic heterocycles. The van der Waals surface area contributed by atoms with E-state index in [-0.39, 0.29) is 0 Å². The summed E-state index contributed by atoms with van der Waals surface area (Å²) in [5, 5.41) is 0. The topological polar surface area (TPSA) is 12.9 Å². The smallest absolute Gasteiger partial charge is 0.225 e. The maximum Gasteiger partial charge on any atom is 0.248 e. The molecule has 2 rings (SSSR count). The van der Waals surface area contributed by atoms with Crippen LogP contribution in [0.25, 0.3) is 0 Å². The average Bonchev–Trinajstić information content (AvgIpc) is 2.42. The number of halogens is 2. The molecule has 0 spiro atoms. The minimum absolute atomic E-state index is 0.664. The average molecular weight is 261 g/mol. The molecule has 1 aromatic heterocycles. The molecule has 0 aliphatic rings. The number of aryl methyl sites for hydroxylation is 3. The van der Waals surface area contributed by atoms with Crippen molar-refractivity contribution in [2.75, 3.05) is 0 Å². The quantitative estimate of drug-likeness (QED) is 0.738. The SMILES string of the molecule is CCCc1ccc(CCc2cnc(F)c(F)c2)cc1. The zero-order valence-corrected chi connectivity index (χ0v) is 11.0. The Bertz CT molecular complexity index is 535. The number of hydrogen-bond acceptors (Lipinski definition) is 1. The lowest BCUT2D eigenvalue weighted by Gasteiger charge is -2.04. The Labute approximate surface area is 112 Å². The summed E-state index contributed by atoms with van der Waals surface area (Å²) in [6, 6.07) is 9.66. The van der Waals surface area contributed by atoms with E-state index in [0.29, 0.717) is 6.42 Å². The van der Waals surface area contributed by atoms with Crippen LogP contribution < -0.4 is 0 Å². The molecule has 0 fully saturated rings. The van der Waals surface area contributed by atoms with Gasteiger partial charge in [-0.05, 0) is 42.0 Å². The standard InChI is InChI=1S/C16H17F2N/c1-2-3-12-4-6-13(7-5-12)8-9-14-10-15(17)16(18)19-11-14/h4-7,10-11H,2-3,8-9H2,1H3. The summed E-state index contributed by atoms with van der Waals surface area (Å²) in [6.45, 7) is 2.16. The fourth-order valence-corrected chi connectivity index (χ4v) is 2.05. The van der Waals surface area contributed by atoms with Crippen LogP contribution in [0.3, 0.4) is 0 Å². The zero-order valence-electron chi connectivity index (χ0n) is 11.0. The van der Waals surface area contributed by atoms with Gasteiger partial charge >= 0.3 is 0 Å².